The Morgan fingerprint density at radius 1 is 1.22 bits per heavy atom. The van der Waals surface area contributed by atoms with E-state index < -0.39 is 14.7 Å². The molecule has 0 bridgehead atoms. The number of carbonyl (C=O) groups excluding carboxylic acids is 1. The predicted octanol–water partition coefficient (Wildman–Crippen LogP) is 2.10. The Hall–Kier alpha value is -1.67. The first-order valence-corrected chi connectivity index (χ1v) is 9.09. The molecule has 1 aromatic rings. The van der Waals surface area contributed by atoms with E-state index >= 15 is 0 Å². The zero-order valence-corrected chi connectivity index (χ0v) is 15.3. The smallest absolute Gasteiger partial charge is 0.497 e. The lowest BCUT2D eigenvalue weighted by molar-refractivity contribution is -0.113. The number of rotatable bonds is 9. The largest absolute Gasteiger partial charge is 0.508 e. The van der Waals surface area contributed by atoms with E-state index in [0.717, 1.165) is 17.5 Å². The maximum absolute atomic E-state index is 11.1. The zero-order valence-electron chi connectivity index (χ0n) is 14.3. The van der Waals surface area contributed by atoms with Gasteiger partial charge in [-0.25, -0.2) is 0 Å². The summed E-state index contributed by atoms with van der Waals surface area (Å²) < 4.78 is 22.2. The van der Waals surface area contributed by atoms with Crippen LogP contribution in [0, 0.1) is 0 Å². The van der Waals surface area contributed by atoms with Crippen LogP contribution in [0.5, 0.6) is 5.75 Å². The molecule has 6 nitrogen and oxygen atoms in total. The maximum Gasteiger partial charge on any atom is 0.508 e. The minimum absolute atomic E-state index is 0.106. The van der Waals surface area contributed by atoms with Gasteiger partial charge in [0.25, 0.3) is 0 Å². The average molecular weight is 339 g/mol. The normalized spacial score (nSPS) is 13.3. The third-order valence-corrected chi connectivity index (χ3v) is 7.07. The van der Waals surface area contributed by atoms with Gasteiger partial charge in [0.2, 0.25) is 5.91 Å². The van der Waals surface area contributed by atoms with Crippen molar-refractivity contribution in [1.29, 1.82) is 0 Å². The van der Waals surface area contributed by atoms with Crippen molar-refractivity contribution in [2.24, 2.45) is 5.73 Å². The third kappa shape index (κ3) is 4.41. The molecule has 1 unspecified atom stereocenters. The van der Waals surface area contributed by atoms with Gasteiger partial charge in [-0.15, -0.1) is 0 Å². The molecule has 0 aliphatic heterocycles. The number of ether oxygens (including phenoxy) is 1. The zero-order chi connectivity index (χ0) is 17.5. The van der Waals surface area contributed by atoms with Crippen molar-refractivity contribution in [1.82, 2.24) is 0 Å². The van der Waals surface area contributed by atoms with Crippen molar-refractivity contribution in [3.05, 3.63) is 35.4 Å². The second-order valence-electron chi connectivity index (χ2n) is 4.91. The molecular formula is C16H25NO5Si. The molecule has 1 aromatic carbocycles. The topological polar surface area (TPSA) is 80.0 Å². The van der Waals surface area contributed by atoms with Gasteiger partial charge in [0.1, 0.15) is 5.75 Å². The van der Waals surface area contributed by atoms with Crippen LogP contribution in [0.1, 0.15) is 30.0 Å². The summed E-state index contributed by atoms with van der Waals surface area (Å²) in [6, 6.07) is 5.61. The second kappa shape index (κ2) is 8.83. The van der Waals surface area contributed by atoms with Gasteiger partial charge < -0.3 is 23.7 Å². The van der Waals surface area contributed by atoms with Gasteiger partial charge in [-0.05, 0) is 35.8 Å². The van der Waals surface area contributed by atoms with Crippen LogP contribution in [0.15, 0.2) is 24.3 Å². The first kappa shape index (κ1) is 19.4. The first-order valence-electron chi connectivity index (χ1n) is 7.28. The Labute approximate surface area is 138 Å². The van der Waals surface area contributed by atoms with Crippen LogP contribution in [0.25, 0.3) is 6.08 Å². The monoisotopic (exact) mass is 339 g/mol. The van der Waals surface area contributed by atoms with Crippen molar-refractivity contribution in [2.75, 3.05) is 28.4 Å². The Bertz CT molecular complexity index is 549. The lowest BCUT2D eigenvalue weighted by atomic mass is 10.0. The number of hydrogen-bond acceptors (Lipinski definition) is 5. The fraction of sp³-hybridized carbons (Fsp3) is 0.438. The number of primary amides is 1. The standard InChI is InChI=1S/C16H25NO5Si/c1-6-15(23(20-3,21-4)22-5)14-11-13(19-2)9-7-12(14)8-10-16(17)18/h7-11,15H,6H2,1-5H3,(H2,17,18)/b10-8+. The number of nitrogens with two attached hydrogens (primary N) is 1. The van der Waals surface area contributed by atoms with Gasteiger partial charge in [0, 0.05) is 27.4 Å². The number of hydrogen-bond donors (Lipinski definition) is 1. The van der Waals surface area contributed by atoms with Gasteiger partial charge in [-0.1, -0.05) is 13.0 Å². The molecule has 0 radical (unpaired) electrons. The van der Waals surface area contributed by atoms with E-state index in [9.17, 15) is 4.79 Å². The van der Waals surface area contributed by atoms with Crippen LogP contribution < -0.4 is 10.5 Å². The summed E-state index contributed by atoms with van der Waals surface area (Å²) in [5.41, 5.74) is 6.88. The fourth-order valence-corrected chi connectivity index (χ4v) is 5.13. The quantitative estimate of drug-likeness (QED) is 0.550. The minimum Gasteiger partial charge on any atom is -0.497 e. The van der Waals surface area contributed by atoms with E-state index in [1.807, 2.05) is 25.1 Å². The molecule has 2 N–H and O–H groups in total. The molecule has 128 valence electrons. The molecule has 1 rings (SSSR count). The summed E-state index contributed by atoms with van der Waals surface area (Å²) in [6.07, 6.45) is 3.75. The molecule has 0 saturated carbocycles. The average Bonchev–Trinajstić information content (AvgIpc) is 2.58. The second-order valence-corrected chi connectivity index (χ2v) is 8.04. The Morgan fingerprint density at radius 2 is 1.83 bits per heavy atom. The van der Waals surface area contributed by atoms with Crippen molar-refractivity contribution in [2.45, 2.75) is 18.9 Å². The van der Waals surface area contributed by atoms with E-state index in [4.69, 9.17) is 23.7 Å². The fourth-order valence-electron chi connectivity index (χ4n) is 2.64. The number of amides is 1. The van der Waals surface area contributed by atoms with Crippen LogP contribution in [-0.4, -0.2) is 43.2 Å². The molecule has 0 spiro atoms. The lowest BCUT2D eigenvalue weighted by Crippen LogP contribution is -2.49. The molecule has 7 heteroatoms. The third-order valence-electron chi connectivity index (χ3n) is 3.79. The molecule has 0 aliphatic carbocycles. The molecule has 0 aromatic heterocycles. The molecule has 0 aliphatic rings. The molecule has 0 saturated heterocycles. The SMILES string of the molecule is CCC(c1cc(OC)ccc1/C=C/C(N)=O)[Si](OC)(OC)OC. The van der Waals surface area contributed by atoms with Gasteiger partial charge in [0.05, 0.1) is 12.7 Å². The summed E-state index contributed by atoms with van der Waals surface area (Å²) in [6.45, 7) is 2.03. The number of benzene rings is 1. The Balaban J connectivity index is 3.47. The van der Waals surface area contributed by atoms with E-state index in [1.165, 1.54) is 6.08 Å². The first-order chi connectivity index (χ1) is 11.0. The van der Waals surface area contributed by atoms with Crippen molar-refractivity contribution >= 4 is 20.8 Å². The molecule has 1 atom stereocenters. The van der Waals surface area contributed by atoms with E-state index in [1.54, 1.807) is 34.5 Å². The molecule has 0 fully saturated rings. The van der Waals surface area contributed by atoms with Crippen LogP contribution in [0.4, 0.5) is 0 Å². The lowest BCUT2D eigenvalue weighted by Gasteiger charge is -2.33. The molecule has 1 amide bonds. The summed E-state index contributed by atoms with van der Waals surface area (Å²) >= 11 is 0. The summed E-state index contributed by atoms with van der Waals surface area (Å²) in [7, 11) is 3.44. The van der Waals surface area contributed by atoms with Crippen molar-refractivity contribution < 1.29 is 22.8 Å². The van der Waals surface area contributed by atoms with Crippen molar-refractivity contribution in [3.8, 4) is 5.75 Å². The summed E-state index contributed by atoms with van der Waals surface area (Å²) in [5, 5.41) is 0. The van der Waals surface area contributed by atoms with Crippen LogP contribution in [0.2, 0.25) is 0 Å². The highest BCUT2D eigenvalue weighted by atomic mass is 28.4. The van der Waals surface area contributed by atoms with Gasteiger partial charge in [-0.2, -0.15) is 0 Å². The predicted molar refractivity (Wildman–Crippen MR) is 91.0 cm³/mol. The highest BCUT2D eigenvalue weighted by molar-refractivity contribution is 6.62. The maximum atomic E-state index is 11.1. The van der Waals surface area contributed by atoms with Gasteiger partial charge in [0.15, 0.2) is 0 Å². The van der Waals surface area contributed by atoms with Gasteiger partial charge >= 0.3 is 8.80 Å². The number of carbonyl (C=O) groups is 1. The highest BCUT2D eigenvalue weighted by Gasteiger charge is 2.47. The van der Waals surface area contributed by atoms with Gasteiger partial charge in [-0.3, -0.25) is 4.79 Å². The van der Waals surface area contributed by atoms with E-state index in [0.29, 0.717) is 5.75 Å². The van der Waals surface area contributed by atoms with Crippen molar-refractivity contribution in [3.63, 3.8) is 0 Å². The summed E-state index contributed by atoms with van der Waals surface area (Å²) in [4.78, 5) is 11.1. The van der Waals surface area contributed by atoms with E-state index in [2.05, 4.69) is 0 Å². The van der Waals surface area contributed by atoms with Crippen LogP contribution >= 0.6 is 0 Å². The number of methoxy groups -OCH3 is 1. The van der Waals surface area contributed by atoms with Crippen LogP contribution in [-0.2, 0) is 18.1 Å². The van der Waals surface area contributed by atoms with Crippen LogP contribution in [0.3, 0.4) is 0 Å². The molecular weight excluding hydrogens is 314 g/mol. The molecule has 0 heterocycles. The molecule has 23 heavy (non-hydrogen) atoms. The Kier molecular flexibility index (Phi) is 7.44. The minimum atomic E-state index is -2.92. The Morgan fingerprint density at radius 3 is 2.26 bits per heavy atom. The summed E-state index contributed by atoms with van der Waals surface area (Å²) in [5.74, 6) is 0.203. The highest BCUT2D eigenvalue weighted by Crippen LogP contribution is 2.36. The van der Waals surface area contributed by atoms with E-state index in [-0.39, 0.29) is 5.54 Å².